The van der Waals surface area contributed by atoms with E-state index in [1.54, 1.807) is 0 Å². The number of halogens is 1. The Morgan fingerprint density at radius 1 is 1.67 bits per heavy atom. The van der Waals surface area contributed by atoms with Crippen LogP contribution in [-0.2, 0) is 0 Å². The molecule has 0 aliphatic rings. The van der Waals surface area contributed by atoms with E-state index in [0.29, 0.717) is 0 Å². The molecule has 0 unspecified atom stereocenters. The Balaban J connectivity index is 0.000000640. The monoisotopic (exact) mass is 148 g/mol. The zero-order chi connectivity index (χ0) is 5.98. The maximum Gasteiger partial charge on any atom is 0.292 e. The predicted molar refractivity (Wildman–Crippen MR) is 33.8 cm³/mol. The number of aromatic nitrogens is 2. The summed E-state index contributed by atoms with van der Waals surface area (Å²) in [5.74, 6) is -0.354. The quantitative estimate of drug-likeness (QED) is 0.540. The van der Waals surface area contributed by atoms with Gasteiger partial charge in [0.25, 0.3) is 5.56 Å². The highest BCUT2D eigenvalue weighted by molar-refractivity contribution is 5.85. The number of nitrogens with one attached hydrogen (secondary N) is 1. The molecule has 1 aromatic heterocycles. The molecule has 9 heavy (non-hydrogen) atoms. The van der Waals surface area contributed by atoms with E-state index in [2.05, 4.69) is 9.97 Å². The van der Waals surface area contributed by atoms with Crippen molar-refractivity contribution in [3.63, 3.8) is 0 Å². The topological polar surface area (TPSA) is 66.0 Å². The molecule has 0 amide bonds. The number of aromatic amines is 1. The number of hydrogen-bond acceptors (Lipinski definition) is 3. The van der Waals surface area contributed by atoms with Gasteiger partial charge in [-0.2, -0.15) is 0 Å². The molecule has 4 nitrogen and oxygen atoms in total. The van der Waals surface area contributed by atoms with Gasteiger partial charge in [-0.1, -0.05) is 0 Å². The van der Waals surface area contributed by atoms with Crippen molar-refractivity contribution >= 4 is 12.4 Å². The summed E-state index contributed by atoms with van der Waals surface area (Å²) < 4.78 is 0. The lowest BCUT2D eigenvalue weighted by Crippen LogP contribution is -2.03. The highest BCUT2D eigenvalue weighted by Gasteiger charge is 1.88. The largest absolute Gasteiger partial charge is 0.502 e. The van der Waals surface area contributed by atoms with Gasteiger partial charge in [-0.15, -0.1) is 12.4 Å². The van der Waals surface area contributed by atoms with Crippen molar-refractivity contribution in [3.8, 4) is 5.75 Å². The molecule has 0 aliphatic carbocycles. The van der Waals surface area contributed by atoms with Crippen LogP contribution in [0.25, 0.3) is 0 Å². The lowest BCUT2D eigenvalue weighted by Gasteiger charge is -1.82. The SMILES string of the molecule is Cl.O=c1[nH]cncc1O. The minimum absolute atomic E-state index is 0. The Morgan fingerprint density at radius 3 is 2.67 bits per heavy atom. The first-order valence-corrected chi connectivity index (χ1v) is 2.02. The number of hydrogen-bond donors (Lipinski definition) is 2. The van der Waals surface area contributed by atoms with E-state index in [9.17, 15) is 4.79 Å². The molecule has 0 bridgehead atoms. The van der Waals surface area contributed by atoms with Crippen molar-refractivity contribution in [2.75, 3.05) is 0 Å². The Hall–Kier alpha value is -1.03. The highest BCUT2D eigenvalue weighted by atomic mass is 35.5. The van der Waals surface area contributed by atoms with Crippen molar-refractivity contribution < 1.29 is 5.11 Å². The molecular formula is C4H5ClN2O2. The van der Waals surface area contributed by atoms with E-state index in [4.69, 9.17) is 5.11 Å². The maximum atomic E-state index is 10.3. The maximum absolute atomic E-state index is 10.3. The summed E-state index contributed by atoms with van der Waals surface area (Å²) in [6.07, 6.45) is 2.29. The van der Waals surface area contributed by atoms with E-state index in [-0.39, 0.29) is 18.2 Å². The van der Waals surface area contributed by atoms with Crippen molar-refractivity contribution in [1.29, 1.82) is 0 Å². The highest BCUT2D eigenvalue weighted by Crippen LogP contribution is 1.88. The zero-order valence-electron chi connectivity index (χ0n) is 4.37. The molecule has 5 heteroatoms. The van der Waals surface area contributed by atoms with Crippen LogP contribution in [0.15, 0.2) is 17.3 Å². The summed E-state index contributed by atoms with van der Waals surface area (Å²) in [6.45, 7) is 0. The second-order valence-electron chi connectivity index (χ2n) is 1.27. The van der Waals surface area contributed by atoms with Gasteiger partial charge >= 0.3 is 0 Å². The normalized spacial score (nSPS) is 8.00. The fourth-order valence-electron chi connectivity index (χ4n) is 0.336. The van der Waals surface area contributed by atoms with E-state index >= 15 is 0 Å². The Labute approximate surface area is 57.0 Å². The third-order valence-electron chi connectivity index (χ3n) is 0.700. The first-order chi connectivity index (χ1) is 3.80. The number of aromatic hydroxyl groups is 1. The molecule has 1 heterocycles. The van der Waals surface area contributed by atoms with Gasteiger partial charge < -0.3 is 10.1 Å². The molecule has 50 valence electrons. The van der Waals surface area contributed by atoms with Crippen LogP contribution in [0.1, 0.15) is 0 Å². The molecule has 0 fully saturated rings. The summed E-state index contributed by atoms with van der Waals surface area (Å²) in [5, 5.41) is 8.51. The summed E-state index contributed by atoms with van der Waals surface area (Å²) >= 11 is 0. The number of rotatable bonds is 0. The van der Waals surface area contributed by atoms with Gasteiger partial charge in [-0.05, 0) is 0 Å². The molecular weight excluding hydrogens is 144 g/mol. The second kappa shape index (κ2) is 3.09. The van der Waals surface area contributed by atoms with Crippen LogP contribution in [0.3, 0.4) is 0 Å². The van der Waals surface area contributed by atoms with Crippen LogP contribution in [0, 0.1) is 0 Å². The summed E-state index contributed by atoms with van der Waals surface area (Å²) in [4.78, 5) is 15.9. The first-order valence-electron chi connectivity index (χ1n) is 2.02. The zero-order valence-corrected chi connectivity index (χ0v) is 5.18. The first kappa shape index (κ1) is 7.97. The van der Waals surface area contributed by atoms with Crippen LogP contribution in [-0.4, -0.2) is 15.1 Å². The van der Waals surface area contributed by atoms with E-state index in [1.165, 1.54) is 6.33 Å². The van der Waals surface area contributed by atoms with Crippen LogP contribution < -0.4 is 5.56 Å². The lowest BCUT2D eigenvalue weighted by molar-refractivity contribution is 0.463. The van der Waals surface area contributed by atoms with E-state index in [1.807, 2.05) is 0 Å². The molecule has 0 aliphatic heterocycles. The fourth-order valence-corrected chi connectivity index (χ4v) is 0.336. The lowest BCUT2D eigenvalue weighted by atomic mass is 10.6. The molecule has 1 rings (SSSR count). The standard InChI is InChI=1S/C4H4N2O2.ClH/c7-3-1-5-2-6-4(3)8;/h1-2,7H,(H,5,6,8);1H. The van der Waals surface area contributed by atoms with Gasteiger partial charge in [0.05, 0.1) is 12.5 Å². The van der Waals surface area contributed by atoms with Crippen LogP contribution in [0.4, 0.5) is 0 Å². The average molecular weight is 149 g/mol. The van der Waals surface area contributed by atoms with Gasteiger partial charge in [0.15, 0.2) is 5.75 Å². The van der Waals surface area contributed by atoms with Crippen molar-refractivity contribution in [1.82, 2.24) is 9.97 Å². The van der Waals surface area contributed by atoms with E-state index in [0.717, 1.165) is 6.20 Å². The van der Waals surface area contributed by atoms with Crippen molar-refractivity contribution in [2.45, 2.75) is 0 Å². The predicted octanol–water partition coefficient (Wildman–Crippen LogP) is -0.103. The molecule has 1 aromatic rings. The minimum Gasteiger partial charge on any atom is -0.502 e. The third-order valence-corrected chi connectivity index (χ3v) is 0.700. The molecule has 0 atom stereocenters. The average Bonchev–Trinajstić information content (AvgIpc) is 1.77. The molecule has 0 saturated heterocycles. The second-order valence-corrected chi connectivity index (χ2v) is 1.27. The Morgan fingerprint density at radius 2 is 2.33 bits per heavy atom. The molecule has 0 saturated carbocycles. The van der Waals surface area contributed by atoms with E-state index < -0.39 is 5.56 Å². The Kier molecular flexibility index (Phi) is 2.73. The smallest absolute Gasteiger partial charge is 0.292 e. The van der Waals surface area contributed by atoms with Crippen molar-refractivity contribution in [3.05, 3.63) is 22.9 Å². The molecule has 2 N–H and O–H groups in total. The number of nitrogens with zero attached hydrogens (tertiary/aromatic N) is 1. The van der Waals surface area contributed by atoms with Gasteiger partial charge in [0.1, 0.15) is 0 Å². The van der Waals surface area contributed by atoms with Gasteiger partial charge in [-0.25, -0.2) is 4.98 Å². The summed E-state index contributed by atoms with van der Waals surface area (Å²) in [6, 6.07) is 0. The van der Waals surface area contributed by atoms with Gasteiger partial charge in [0.2, 0.25) is 0 Å². The van der Waals surface area contributed by atoms with Gasteiger partial charge in [-0.3, -0.25) is 4.79 Å². The fraction of sp³-hybridized carbons (Fsp3) is 0. The molecule has 0 aromatic carbocycles. The van der Waals surface area contributed by atoms with Crippen molar-refractivity contribution in [2.24, 2.45) is 0 Å². The Bertz CT molecular complexity index is 234. The summed E-state index contributed by atoms with van der Waals surface area (Å²) in [7, 11) is 0. The summed E-state index contributed by atoms with van der Waals surface area (Å²) in [5.41, 5.74) is -0.514. The number of H-pyrrole nitrogens is 1. The van der Waals surface area contributed by atoms with Crippen LogP contribution in [0.5, 0.6) is 5.75 Å². The minimum atomic E-state index is -0.514. The molecule has 0 radical (unpaired) electrons. The molecule has 0 spiro atoms. The van der Waals surface area contributed by atoms with Crippen LogP contribution >= 0.6 is 12.4 Å². The van der Waals surface area contributed by atoms with Gasteiger partial charge in [0, 0.05) is 0 Å². The van der Waals surface area contributed by atoms with Crippen LogP contribution in [0.2, 0.25) is 0 Å². The third kappa shape index (κ3) is 1.73.